The lowest BCUT2D eigenvalue weighted by atomic mass is 10.1. The molecule has 5 heteroatoms. The van der Waals surface area contributed by atoms with Gasteiger partial charge in [-0.05, 0) is 60.5 Å². The third-order valence-electron chi connectivity index (χ3n) is 4.62. The van der Waals surface area contributed by atoms with Crippen LogP contribution < -0.4 is 14.4 Å². The van der Waals surface area contributed by atoms with Gasteiger partial charge in [-0.1, -0.05) is 30.3 Å². The number of methoxy groups -OCH3 is 1. The molecule has 0 heterocycles. The maximum absolute atomic E-state index is 12.0. The van der Waals surface area contributed by atoms with Crippen LogP contribution in [0, 0.1) is 0 Å². The predicted molar refractivity (Wildman–Crippen MR) is 116 cm³/mol. The fourth-order valence-electron chi connectivity index (χ4n) is 3.16. The molecule has 0 aromatic heterocycles. The van der Waals surface area contributed by atoms with Crippen LogP contribution in [-0.4, -0.2) is 39.4 Å². The van der Waals surface area contributed by atoms with Gasteiger partial charge in [0.25, 0.3) is 0 Å². The summed E-state index contributed by atoms with van der Waals surface area (Å²) < 4.78 is 16.3. The number of hydrogen-bond acceptors (Lipinski definition) is 5. The summed E-state index contributed by atoms with van der Waals surface area (Å²) in [5.41, 5.74) is 0.949. The first-order valence-electron chi connectivity index (χ1n) is 9.86. The Labute approximate surface area is 171 Å². The van der Waals surface area contributed by atoms with Crippen molar-refractivity contribution in [3.05, 3.63) is 66.7 Å². The second-order valence-corrected chi connectivity index (χ2v) is 6.64. The fraction of sp³-hybridized carbons (Fsp3) is 0.292. The van der Waals surface area contributed by atoms with E-state index in [0.717, 1.165) is 29.0 Å². The van der Waals surface area contributed by atoms with Gasteiger partial charge in [-0.3, -0.25) is 4.79 Å². The van der Waals surface area contributed by atoms with Crippen molar-refractivity contribution < 1.29 is 19.0 Å². The highest BCUT2D eigenvalue weighted by molar-refractivity contribution is 5.83. The van der Waals surface area contributed by atoms with E-state index in [0.29, 0.717) is 19.8 Å². The number of anilines is 1. The van der Waals surface area contributed by atoms with Gasteiger partial charge < -0.3 is 19.1 Å². The first-order valence-corrected chi connectivity index (χ1v) is 9.86. The SMILES string of the molecule is CCOC(=O)CN(CCCOc1ccc2ccccc2c1)c1ccc(OC)cc1. The zero-order valence-electron chi connectivity index (χ0n) is 17.0. The van der Waals surface area contributed by atoms with E-state index in [2.05, 4.69) is 24.3 Å². The van der Waals surface area contributed by atoms with Gasteiger partial charge in [-0.2, -0.15) is 0 Å². The van der Waals surface area contributed by atoms with E-state index in [1.165, 1.54) is 5.39 Å². The van der Waals surface area contributed by atoms with Crippen LogP contribution in [0.15, 0.2) is 66.7 Å². The molecule has 0 fully saturated rings. The lowest BCUT2D eigenvalue weighted by Crippen LogP contribution is -2.32. The summed E-state index contributed by atoms with van der Waals surface area (Å²) in [5.74, 6) is 1.40. The quantitative estimate of drug-likeness (QED) is 0.369. The van der Waals surface area contributed by atoms with Crippen LogP contribution in [-0.2, 0) is 9.53 Å². The van der Waals surface area contributed by atoms with E-state index >= 15 is 0 Å². The van der Waals surface area contributed by atoms with Gasteiger partial charge in [0, 0.05) is 12.2 Å². The van der Waals surface area contributed by atoms with Crippen molar-refractivity contribution in [3.8, 4) is 11.5 Å². The Bertz CT molecular complexity index is 924. The highest BCUT2D eigenvalue weighted by Gasteiger charge is 2.13. The number of ether oxygens (including phenoxy) is 3. The molecule has 0 atom stereocenters. The first kappa shape index (κ1) is 20.5. The van der Waals surface area contributed by atoms with Crippen LogP contribution in [0.25, 0.3) is 10.8 Å². The molecule has 0 amide bonds. The minimum atomic E-state index is -0.237. The van der Waals surface area contributed by atoms with E-state index in [1.54, 1.807) is 7.11 Å². The van der Waals surface area contributed by atoms with Crippen LogP contribution in [0.1, 0.15) is 13.3 Å². The number of rotatable bonds is 10. The van der Waals surface area contributed by atoms with Gasteiger partial charge in [0.1, 0.15) is 18.0 Å². The number of nitrogens with zero attached hydrogens (tertiary/aromatic N) is 1. The summed E-state index contributed by atoms with van der Waals surface area (Å²) in [7, 11) is 1.63. The number of fused-ring (bicyclic) bond motifs is 1. The molecule has 0 bridgehead atoms. The molecule has 3 rings (SSSR count). The van der Waals surface area contributed by atoms with Gasteiger partial charge >= 0.3 is 5.97 Å². The molecule has 0 aliphatic rings. The molecule has 0 aliphatic heterocycles. The van der Waals surface area contributed by atoms with Crippen molar-refractivity contribution in [2.45, 2.75) is 13.3 Å². The molecule has 0 spiro atoms. The molecule has 3 aromatic rings. The molecule has 0 radical (unpaired) electrons. The van der Waals surface area contributed by atoms with E-state index in [9.17, 15) is 4.79 Å². The lowest BCUT2D eigenvalue weighted by molar-refractivity contribution is -0.141. The summed E-state index contributed by atoms with van der Waals surface area (Å²) in [4.78, 5) is 14.0. The van der Waals surface area contributed by atoms with Gasteiger partial charge in [0.05, 0.1) is 20.3 Å². The van der Waals surface area contributed by atoms with E-state index < -0.39 is 0 Å². The minimum absolute atomic E-state index is 0.205. The molecular formula is C24H27NO4. The maximum atomic E-state index is 12.0. The lowest BCUT2D eigenvalue weighted by Gasteiger charge is -2.24. The van der Waals surface area contributed by atoms with Crippen molar-refractivity contribution in [3.63, 3.8) is 0 Å². The van der Waals surface area contributed by atoms with Crippen molar-refractivity contribution in [2.75, 3.05) is 38.3 Å². The largest absolute Gasteiger partial charge is 0.497 e. The third-order valence-corrected chi connectivity index (χ3v) is 4.62. The summed E-state index contributed by atoms with van der Waals surface area (Å²) >= 11 is 0. The van der Waals surface area contributed by atoms with Crippen molar-refractivity contribution in [1.29, 1.82) is 0 Å². The monoisotopic (exact) mass is 393 g/mol. The molecule has 0 N–H and O–H groups in total. The van der Waals surface area contributed by atoms with Crippen molar-refractivity contribution in [2.24, 2.45) is 0 Å². The number of carbonyl (C=O) groups is 1. The van der Waals surface area contributed by atoms with Crippen LogP contribution in [0.4, 0.5) is 5.69 Å². The summed E-state index contributed by atoms with van der Waals surface area (Å²) in [5, 5.41) is 2.35. The van der Waals surface area contributed by atoms with E-state index in [-0.39, 0.29) is 12.5 Å². The number of esters is 1. The predicted octanol–water partition coefficient (Wildman–Crippen LogP) is 4.69. The topological polar surface area (TPSA) is 48.0 Å². The molecule has 0 saturated heterocycles. The first-order chi connectivity index (χ1) is 14.2. The highest BCUT2D eigenvalue weighted by Crippen LogP contribution is 2.22. The fourth-order valence-corrected chi connectivity index (χ4v) is 3.16. The number of carbonyl (C=O) groups excluding carboxylic acids is 1. The second kappa shape index (κ2) is 10.4. The molecule has 152 valence electrons. The Kier molecular flexibility index (Phi) is 7.34. The van der Waals surface area contributed by atoms with Crippen LogP contribution >= 0.6 is 0 Å². The van der Waals surface area contributed by atoms with Gasteiger partial charge in [-0.25, -0.2) is 0 Å². The van der Waals surface area contributed by atoms with Crippen molar-refractivity contribution in [1.82, 2.24) is 0 Å². The zero-order chi connectivity index (χ0) is 20.5. The average molecular weight is 393 g/mol. The maximum Gasteiger partial charge on any atom is 0.325 e. The summed E-state index contributed by atoms with van der Waals surface area (Å²) in [6.07, 6.45) is 0.776. The Morgan fingerprint density at radius 3 is 2.38 bits per heavy atom. The Morgan fingerprint density at radius 1 is 0.931 bits per heavy atom. The standard InChI is InChI=1S/C24H27NO4/c1-3-28-24(26)18-25(21-10-13-22(27-2)14-11-21)15-6-16-29-23-12-9-19-7-4-5-8-20(19)17-23/h4-5,7-14,17H,3,6,15-16,18H2,1-2H3. The summed E-state index contributed by atoms with van der Waals surface area (Å²) in [6.45, 7) is 3.63. The zero-order valence-corrected chi connectivity index (χ0v) is 17.0. The molecule has 29 heavy (non-hydrogen) atoms. The van der Waals surface area contributed by atoms with E-state index in [1.807, 2.05) is 54.3 Å². The van der Waals surface area contributed by atoms with Gasteiger partial charge in [-0.15, -0.1) is 0 Å². The molecule has 0 saturated carbocycles. The molecule has 5 nitrogen and oxygen atoms in total. The number of benzene rings is 3. The minimum Gasteiger partial charge on any atom is -0.497 e. The number of hydrogen-bond donors (Lipinski definition) is 0. The molecular weight excluding hydrogens is 366 g/mol. The Hall–Kier alpha value is -3.21. The van der Waals surface area contributed by atoms with Crippen LogP contribution in [0.2, 0.25) is 0 Å². The molecule has 3 aromatic carbocycles. The smallest absolute Gasteiger partial charge is 0.325 e. The van der Waals surface area contributed by atoms with E-state index in [4.69, 9.17) is 14.2 Å². The second-order valence-electron chi connectivity index (χ2n) is 6.64. The van der Waals surface area contributed by atoms with Crippen molar-refractivity contribution >= 4 is 22.4 Å². The molecule has 0 unspecified atom stereocenters. The van der Waals surface area contributed by atoms with Gasteiger partial charge in [0.2, 0.25) is 0 Å². The summed E-state index contributed by atoms with van der Waals surface area (Å²) in [6, 6.07) is 22.0. The third kappa shape index (κ3) is 5.88. The highest BCUT2D eigenvalue weighted by atomic mass is 16.5. The van der Waals surface area contributed by atoms with Crippen LogP contribution in [0.5, 0.6) is 11.5 Å². The Morgan fingerprint density at radius 2 is 1.66 bits per heavy atom. The molecule has 0 aliphatic carbocycles. The van der Waals surface area contributed by atoms with Gasteiger partial charge in [0.15, 0.2) is 0 Å². The van der Waals surface area contributed by atoms with Crippen LogP contribution in [0.3, 0.4) is 0 Å². The average Bonchev–Trinajstić information content (AvgIpc) is 2.76. The normalized spacial score (nSPS) is 10.6. The Balaban J connectivity index is 1.58.